The highest BCUT2D eigenvalue weighted by molar-refractivity contribution is 6.04. The van der Waals surface area contributed by atoms with Gasteiger partial charge < -0.3 is 20.1 Å². The fraction of sp³-hybridized carbons (Fsp3) is 0.182. The SMILES string of the molecule is COc1ccc(Nc2ccc(NC(=O)c3ccc(C)c(C)c3)cn2)cc1OC. The van der Waals surface area contributed by atoms with Gasteiger partial charge in [0.2, 0.25) is 0 Å². The average Bonchev–Trinajstić information content (AvgIpc) is 2.71. The summed E-state index contributed by atoms with van der Waals surface area (Å²) in [4.78, 5) is 16.8. The van der Waals surface area contributed by atoms with Crippen molar-refractivity contribution in [1.82, 2.24) is 4.98 Å². The molecule has 0 radical (unpaired) electrons. The second-order valence-corrected chi connectivity index (χ2v) is 6.38. The summed E-state index contributed by atoms with van der Waals surface area (Å²) in [5.74, 6) is 1.78. The van der Waals surface area contributed by atoms with E-state index in [0.29, 0.717) is 28.6 Å². The van der Waals surface area contributed by atoms with Gasteiger partial charge in [-0.25, -0.2) is 4.98 Å². The molecule has 0 saturated carbocycles. The van der Waals surface area contributed by atoms with Crippen molar-refractivity contribution in [3.8, 4) is 11.5 Å². The molecule has 1 aromatic heterocycles. The number of carbonyl (C=O) groups is 1. The van der Waals surface area contributed by atoms with E-state index in [1.54, 1.807) is 32.5 Å². The lowest BCUT2D eigenvalue weighted by molar-refractivity contribution is 0.102. The molecule has 6 nitrogen and oxygen atoms in total. The Bertz CT molecular complexity index is 985. The molecule has 6 heteroatoms. The van der Waals surface area contributed by atoms with Crippen molar-refractivity contribution in [2.24, 2.45) is 0 Å². The molecule has 0 aliphatic rings. The van der Waals surface area contributed by atoms with Gasteiger partial charge in [0.05, 0.1) is 26.1 Å². The number of benzene rings is 2. The third-order valence-corrected chi connectivity index (χ3v) is 4.45. The van der Waals surface area contributed by atoms with E-state index in [0.717, 1.165) is 16.8 Å². The summed E-state index contributed by atoms with van der Waals surface area (Å²) in [6.07, 6.45) is 1.61. The third kappa shape index (κ3) is 4.40. The van der Waals surface area contributed by atoms with E-state index in [4.69, 9.17) is 9.47 Å². The maximum absolute atomic E-state index is 12.4. The molecule has 0 aliphatic heterocycles. The number of amides is 1. The average molecular weight is 377 g/mol. The van der Waals surface area contributed by atoms with Crippen molar-refractivity contribution >= 4 is 23.1 Å². The number of nitrogens with zero attached hydrogens (tertiary/aromatic N) is 1. The third-order valence-electron chi connectivity index (χ3n) is 4.45. The smallest absolute Gasteiger partial charge is 0.255 e. The highest BCUT2D eigenvalue weighted by Gasteiger charge is 2.08. The van der Waals surface area contributed by atoms with E-state index in [9.17, 15) is 4.79 Å². The molecule has 1 amide bonds. The molecular formula is C22H23N3O3. The topological polar surface area (TPSA) is 72.5 Å². The summed E-state index contributed by atoms with van der Waals surface area (Å²) in [6.45, 7) is 4.01. The van der Waals surface area contributed by atoms with E-state index in [-0.39, 0.29) is 5.91 Å². The van der Waals surface area contributed by atoms with Crippen molar-refractivity contribution < 1.29 is 14.3 Å². The Balaban J connectivity index is 1.68. The molecule has 0 spiro atoms. The number of nitrogens with one attached hydrogen (secondary N) is 2. The summed E-state index contributed by atoms with van der Waals surface area (Å²) in [5, 5.41) is 6.06. The lowest BCUT2D eigenvalue weighted by Gasteiger charge is -2.11. The minimum Gasteiger partial charge on any atom is -0.493 e. The number of rotatable bonds is 6. The summed E-state index contributed by atoms with van der Waals surface area (Å²) in [6, 6.07) is 14.8. The van der Waals surface area contributed by atoms with Crippen LogP contribution in [0.25, 0.3) is 0 Å². The fourth-order valence-electron chi connectivity index (χ4n) is 2.69. The Kier molecular flexibility index (Phi) is 5.79. The first-order valence-electron chi connectivity index (χ1n) is 8.84. The quantitative estimate of drug-likeness (QED) is 0.651. The monoisotopic (exact) mass is 377 g/mol. The van der Waals surface area contributed by atoms with E-state index in [1.165, 1.54) is 0 Å². The molecule has 0 atom stereocenters. The van der Waals surface area contributed by atoms with Gasteiger partial charge in [-0.1, -0.05) is 6.07 Å². The molecule has 0 unspecified atom stereocenters. The van der Waals surface area contributed by atoms with Gasteiger partial charge >= 0.3 is 0 Å². The van der Waals surface area contributed by atoms with Gasteiger partial charge in [0.15, 0.2) is 11.5 Å². The first-order valence-corrected chi connectivity index (χ1v) is 8.84. The summed E-state index contributed by atoms with van der Waals surface area (Å²) in [7, 11) is 3.18. The first-order chi connectivity index (χ1) is 13.5. The molecule has 2 N–H and O–H groups in total. The lowest BCUT2D eigenvalue weighted by atomic mass is 10.1. The van der Waals surface area contributed by atoms with Crippen molar-refractivity contribution in [2.45, 2.75) is 13.8 Å². The van der Waals surface area contributed by atoms with Gasteiger partial charge in [-0.3, -0.25) is 4.79 Å². The Morgan fingerprint density at radius 3 is 2.25 bits per heavy atom. The highest BCUT2D eigenvalue weighted by Crippen LogP contribution is 2.30. The second-order valence-electron chi connectivity index (χ2n) is 6.38. The molecular weight excluding hydrogens is 354 g/mol. The predicted octanol–water partition coefficient (Wildman–Crippen LogP) is 4.71. The molecule has 0 fully saturated rings. The maximum Gasteiger partial charge on any atom is 0.255 e. The fourth-order valence-corrected chi connectivity index (χ4v) is 2.69. The van der Waals surface area contributed by atoms with Crippen molar-refractivity contribution in [2.75, 3.05) is 24.9 Å². The van der Waals surface area contributed by atoms with Gasteiger partial charge in [0, 0.05) is 17.3 Å². The van der Waals surface area contributed by atoms with E-state index in [2.05, 4.69) is 15.6 Å². The molecule has 28 heavy (non-hydrogen) atoms. The summed E-state index contributed by atoms with van der Waals surface area (Å²) in [5.41, 5.74) is 4.30. The zero-order valence-corrected chi connectivity index (χ0v) is 16.4. The minimum absolute atomic E-state index is 0.162. The molecule has 1 heterocycles. The number of ether oxygens (including phenoxy) is 2. The standard InChI is InChI=1S/C22H23N3O3/c1-14-5-6-16(11-15(14)2)22(26)25-18-8-10-21(23-13-18)24-17-7-9-19(27-3)20(12-17)28-4/h5-13H,1-4H3,(H,23,24)(H,25,26). The Labute approximate surface area is 164 Å². The number of pyridine rings is 1. The van der Waals surface area contributed by atoms with Gasteiger partial charge in [0.25, 0.3) is 5.91 Å². The predicted molar refractivity (Wildman–Crippen MR) is 111 cm³/mol. The van der Waals surface area contributed by atoms with Crippen molar-refractivity contribution in [3.63, 3.8) is 0 Å². The Hall–Kier alpha value is -3.54. The maximum atomic E-state index is 12.4. The number of hydrogen-bond donors (Lipinski definition) is 2. The van der Waals surface area contributed by atoms with Crippen LogP contribution in [0.1, 0.15) is 21.5 Å². The van der Waals surface area contributed by atoms with Crippen LogP contribution >= 0.6 is 0 Å². The molecule has 3 rings (SSSR count). The van der Waals surface area contributed by atoms with Crippen LogP contribution in [-0.4, -0.2) is 25.1 Å². The Morgan fingerprint density at radius 1 is 0.857 bits per heavy atom. The van der Waals surface area contributed by atoms with Crippen molar-refractivity contribution in [1.29, 1.82) is 0 Å². The van der Waals surface area contributed by atoms with Crippen LogP contribution in [0.3, 0.4) is 0 Å². The lowest BCUT2D eigenvalue weighted by Crippen LogP contribution is -2.12. The van der Waals surface area contributed by atoms with E-state index < -0.39 is 0 Å². The van der Waals surface area contributed by atoms with Crippen LogP contribution in [0, 0.1) is 13.8 Å². The number of aryl methyl sites for hydroxylation is 2. The largest absolute Gasteiger partial charge is 0.493 e. The zero-order valence-electron chi connectivity index (χ0n) is 16.4. The number of hydrogen-bond acceptors (Lipinski definition) is 5. The molecule has 2 aromatic carbocycles. The number of aromatic nitrogens is 1. The molecule has 144 valence electrons. The van der Waals surface area contributed by atoms with Crippen LogP contribution in [0.15, 0.2) is 54.7 Å². The van der Waals surface area contributed by atoms with Crippen LogP contribution < -0.4 is 20.1 Å². The normalized spacial score (nSPS) is 10.3. The Morgan fingerprint density at radius 2 is 1.61 bits per heavy atom. The second kappa shape index (κ2) is 8.43. The number of carbonyl (C=O) groups excluding carboxylic acids is 1. The van der Waals surface area contributed by atoms with Crippen molar-refractivity contribution in [3.05, 3.63) is 71.4 Å². The molecule has 0 aliphatic carbocycles. The number of anilines is 3. The van der Waals surface area contributed by atoms with Gasteiger partial charge in [-0.05, 0) is 61.4 Å². The minimum atomic E-state index is -0.162. The van der Waals surface area contributed by atoms with Crippen LogP contribution in [-0.2, 0) is 0 Å². The molecule has 0 bridgehead atoms. The number of methoxy groups -OCH3 is 2. The van der Waals surface area contributed by atoms with Crippen LogP contribution in [0.4, 0.5) is 17.2 Å². The molecule has 3 aromatic rings. The van der Waals surface area contributed by atoms with E-state index >= 15 is 0 Å². The van der Waals surface area contributed by atoms with Gasteiger partial charge in [-0.2, -0.15) is 0 Å². The zero-order chi connectivity index (χ0) is 20.1. The van der Waals surface area contributed by atoms with Gasteiger partial charge in [0.1, 0.15) is 5.82 Å². The van der Waals surface area contributed by atoms with Crippen LogP contribution in [0.2, 0.25) is 0 Å². The molecule has 0 saturated heterocycles. The summed E-state index contributed by atoms with van der Waals surface area (Å²) >= 11 is 0. The highest BCUT2D eigenvalue weighted by atomic mass is 16.5. The van der Waals surface area contributed by atoms with Gasteiger partial charge in [-0.15, -0.1) is 0 Å². The van der Waals surface area contributed by atoms with Crippen LogP contribution in [0.5, 0.6) is 11.5 Å². The van der Waals surface area contributed by atoms with E-state index in [1.807, 2.05) is 50.2 Å². The first kappa shape index (κ1) is 19.2. The summed E-state index contributed by atoms with van der Waals surface area (Å²) < 4.78 is 10.5.